The minimum absolute atomic E-state index is 0.133. The van der Waals surface area contributed by atoms with Gasteiger partial charge in [-0.2, -0.15) is 0 Å². The third-order valence-corrected chi connectivity index (χ3v) is 7.84. The summed E-state index contributed by atoms with van der Waals surface area (Å²) < 4.78 is 11.3. The molecule has 4 aliphatic rings. The molecule has 0 spiro atoms. The van der Waals surface area contributed by atoms with Gasteiger partial charge in [0.15, 0.2) is 11.9 Å². The van der Waals surface area contributed by atoms with Crippen LogP contribution < -0.4 is 0 Å². The van der Waals surface area contributed by atoms with E-state index >= 15 is 0 Å². The van der Waals surface area contributed by atoms with Gasteiger partial charge < -0.3 is 9.15 Å². The van der Waals surface area contributed by atoms with Gasteiger partial charge in [-0.25, -0.2) is 0 Å². The molecular weight excluding hydrogens is 364 g/mol. The lowest BCUT2D eigenvalue weighted by atomic mass is 9.48. The van der Waals surface area contributed by atoms with Crippen LogP contribution in [0.1, 0.15) is 62.1 Å². The van der Waals surface area contributed by atoms with Gasteiger partial charge in [-0.1, -0.05) is 0 Å². The maximum Gasteiger partial charge on any atom is 0.311 e. The topological polar surface area (TPSA) is 56.5 Å². The zero-order chi connectivity index (χ0) is 20.3. The van der Waals surface area contributed by atoms with E-state index in [0.717, 1.165) is 41.4 Å². The van der Waals surface area contributed by atoms with Crippen molar-refractivity contribution in [2.75, 3.05) is 0 Å². The molecule has 4 heteroatoms. The molecule has 1 atom stereocenters. The van der Waals surface area contributed by atoms with Gasteiger partial charge in [0.2, 0.25) is 0 Å². The number of benzene rings is 1. The molecule has 0 aliphatic heterocycles. The van der Waals surface area contributed by atoms with Gasteiger partial charge in [0.1, 0.15) is 5.58 Å². The van der Waals surface area contributed by atoms with E-state index < -0.39 is 6.10 Å². The van der Waals surface area contributed by atoms with Gasteiger partial charge in [-0.15, -0.1) is 0 Å². The molecular formula is C25H30O4. The van der Waals surface area contributed by atoms with Crippen molar-refractivity contribution in [2.45, 2.75) is 71.8 Å². The molecule has 4 bridgehead atoms. The molecule has 1 aromatic carbocycles. The Balaban J connectivity index is 1.28. The van der Waals surface area contributed by atoms with E-state index in [1.54, 1.807) is 13.2 Å². The number of furan rings is 1. The van der Waals surface area contributed by atoms with Crippen LogP contribution in [0.4, 0.5) is 0 Å². The van der Waals surface area contributed by atoms with Crippen molar-refractivity contribution in [1.29, 1.82) is 0 Å². The van der Waals surface area contributed by atoms with Crippen LogP contribution >= 0.6 is 0 Å². The summed E-state index contributed by atoms with van der Waals surface area (Å²) in [6.07, 6.45) is 8.01. The summed E-state index contributed by atoms with van der Waals surface area (Å²) >= 11 is 0. The Morgan fingerprint density at radius 1 is 1.07 bits per heavy atom. The lowest BCUT2D eigenvalue weighted by Crippen LogP contribution is -2.52. The smallest absolute Gasteiger partial charge is 0.311 e. The van der Waals surface area contributed by atoms with E-state index in [2.05, 4.69) is 13.0 Å². The van der Waals surface area contributed by atoms with Crippen molar-refractivity contribution in [2.24, 2.45) is 23.2 Å². The molecule has 1 aromatic heterocycles. The highest BCUT2D eigenvalue weighted by atomic mass is 16.5. The second kappa shape index (κ2) is 6.72. The first kappa shape index (κ1) is 18.9. The second-order valence-electron chi connectivity index (χ2n) is 10.1. The Morgan fingerprint density at radius 3 is 2.28 bits per heavy atom. The number of hydrogen-bond acceptors (Lipinski definition) is 4. The molecule has 4 aliphatic carbocycles. The largest absolute Gasteiger partial charge is 0.464 e. The SMILES string of the molecule is Cc1cc2occ(CC(=O)O[C@H](C)C(=O)C34CC5CC(CC(C5)C3)C4)c2cc1C. The van der Waals surface area contributed by atoms with Crippen molar-refractivity contribution in [3.8, 4) is 0 Å². The van der Waals surface area contributed by atoms with Gasteiger partial charge in [-0.3, -0.25) is 9.59 Å². The van der Waals surface area contributed by atoms with Crippen LogP contribution in [0.15, 0.2) is 22.8 Å². The van der Waals surface area contributed by atoms with Crippen LogP contribution in [-0.2, 0) is 20.7 Å². The quantitative estimate of drug-likeness (QED) is 0.645. The number of Topliss-reactive ketones (excluding diaryl/α,β-unsaturated/α-hetero) is 1. The van der Waals surface area contributed by atoms with Gasteiger partial charge >= 0.3 is 5.97 Å². The summed E-state index contributed by atoms with van der Waals surface area (Å²) in [6.45, 7) is 5.86. The van der Waals surface area contributed by atoms with Gasteiger partial charge in [0.25, 0.3) is 0 Å². The molecule has 29 heavy (non-hydrogen) atoms. The predicted molar refractivity (Wildman–Crippen MR) is 111 cm³/mol. The summed E-state index contributed by atoms with van der Waals surface area (Å²) in [4.78, 5) is 26.0. The van der Waals surface area contributed by atoms with Crippen LogP contribution in [0.2, 0.25) is 0 Å². The lowest BCUT2D eigenvalue weighted by molar-refractivity contribution is -0.164. The zero-order valence-corrected chi connectivity index (χ0v) is 17.6. The highest BCUT2D eigenvalue weighted by Crippen LogP contribution is 2.60. The molecule has 0 amide bonds. The standard InChI is InChI=1S/C25H30O4/c1-14-4-21-20(13-28-22(21)5-15(14)2)9-23(26)29-16(3)24(27)25-10-17-6-18(11-25)8-19(7-17)12-25/h4-5,13,16-19H,6-12H2,1-3H3/t16-,17?,18?,19?,25?/m1/s1. The summed E-state index contributed by atoms with van der Waals surface area (Å²) in [7, 11) is 0. The highest BCUT2D eigenvalue weighted by molar-refractivity contribution is 5.92. The number of fused-ring (bicyclic) bond motifs is 1. The van der Waals surface area contributed by atoms with Crippen LogP contribution in [0.3, 0.4) is 0 Å². The molecule has 2 aromatic rings. The van der Waals surface area contributed by atoms with E-state index in [-0.39, 0.29) is 23.6 Å². The third-order valence-electron chi connectivity index (χ3n) is 7.84. The van der Waals surface area contributed by atoms with Crippen LogP contribution in [-0.4, -0.2) is 17.9 Å². The minimum atomic E-state index is -0.666. The van der Waals surface area contributed by atoms with E-state index in [9.17, 15) is 9.59 Å². The second-order valence-corrected chi connectivity index (χ2v) is 10.1. The molecule has 154 valence electrons. The number of carbonyl (C=O) groups is 2. The molecule has 4 nitrogen and oxygen atoms in total. The maximum atomic E-state index is 13.3. The van der Waals surface area contributed by atoms with Crippen molar-refractivity contribution < 1.29 is 18.7 Å². The first-order valence-electron chi connectivity index (χ1n) is 11.0. The Kier molecular flexibility index (Phi) is 4.38. The highest BCUT2D eigenvalue weighted by Gasteiger charge is 2.55. The van der Waals surface area contributed by atoms with Crippen LogP contribution in [0, 0.1) is 37.0 Å². The maximum absolute atomic E-state index is 13.3. The number of esters is 1. The number of ketones is 1. The van der Waals surface area contributed by atoms with Crippen molar-refractivity contribution in [3.63, 3.8) is 0 Å². The molecule has 0 radical (unpaired) electrons. The Hall–Kier alpha value is -2.10. The van der Waals surface area contributed by atoms with E-state index in [0.29, 0.717) is 17.8 Å². The van der Waals surface area contributed by atoms with Crippen molar-refractivity contribution in [3.05, 3.63) is 35.1 Å². The number of carbonyl (C=O) groups excluding carboxylic acids is 2. The molecule has 0 N–H and O–H groups in total. The molecule has 4 saturated carbocycles. The number of aryl methyl sites for hydroxylation is 2. The zero-order valence-electron chi connectivity index (χ0n) is 17.6. The van der Waals surface area contributed by atoms with Gasteiger partial charge in [0.05, 0.1) is 12.7 Å². The summed E-state index contributed by atoms with van der Waals surface area (Å²) in [5.74, 6) is 1.93. The summed E-state index contributed by atoms with van der Waals surface area (Å²) in [5.41, 5.74) is 3.71. The van der Waals surface area contributed by atoms with Crippen molar-refractivity contribution in [1.82, 2.24) is 0 Å². The average Bonchev–Trinajstić information content (AvgIpc) is 3.01. The summed E-state index contributed by atoms with van der Waals surface area (Å²) in [6, 6.07) is 4.06. The third kappa shape index (κ3) is 3.21. The monoisotopic (exact) mass is 394 g/mol. The molecule has 4 fully saturated rings. The number of hydrogen-bond donors (Lipinski definition) is 0. The summed E-state index contributed by atoms with van der Waals surface area (Å²) in [5, 5.41) is 0.949. The average molecular weight is 395 g/mol. The van der Waals surface area contributed by atoms with Crippen LogP contribution in [0.5, 0.6) is 0 Å². The predicted octanol–water partition coefficient (Wildman–Crippen LogP) is 5.31. The molecule has 6 rings (SSSR count). The lowest BCUT2D eigenvalue weighted by Gasteiger charge is -2.56. The van der Waals surface area contributed by atoms with Gasteiger partial charge in [-0.05, 0) is 100 Å². The fourth-order valence-electron chi connectivity index (χ4n) is 6.76. The van der Waals surface area contributed by atoms with Crippen molar-refractivity contribution >= 4 is 22.7 Å². The normalized spacial score (nSPS) is 31.2. The molecule has 0 saturated heterocycles. The fourth-order valence-corrected chi connectivity index (χ4v) is 6.76. The first-order chi connectivity index (χ1) is 13.8. The minimum Gasteiger partial charge on any atom is -0.464 e. The molecule has 0 unspecified atom stereocenters. The first-order valence-corrected chi connectivity index (χ1v) is 11.0. The van der Waals surface area contributed by atoms with Crippen LogP contribution in [0.25, 0.3) is 11.0 Å². The Labute approximate surface area is 172 Å². The molecule has 1 heterocycles. The van der Waals surface area contributed by atoms with E-state index in [1.807, 2.05) is 13.0 Å². The fraction of sp³-hybridized carbons (Fsp3) is 0.600. The van der Waals surface area contributed by atoms with E-state index in [1.165, 1.54) is 24.8 Å². The Bertz CT molecular complexity index is 947. The number of ether oxygens (including phenoxy) is 1. The number of rotatable bonds is 5. The Morgan fingerprint density at radius 2 is 1.66 bits per heavy atom. The van der Waals surface area contributed by atoms with Gasteiger partial charge in [0, 0.05) is 16.4 Å². The van der Waals surface area contributed by atoms with E-state index in [4.69, 9.17) is 9.15 Å².